The Morgan fingerprint density at radius 2 is 1.79 bits per heavy atom. The third-order valence-electron chi connectivity index (χ3n) is 1.82. The normalized spacial score (nSPS) is 12.2. The van der Waals surface area contributed by atoms with Crippen molar-refractivity contribution in [2.75, 3.05) is 0 Å². The number of halogens is 5. The molecule has 0 radical (unpaired) electrons. The van der Waals surface area contributed by atoms with Crippen LogP contribution in [0.4, 0.5) is 13.2 Å². The smallest absolute Gasteiger partial charge is 0.166 e. The van der Waals surface area contributed by atoms with E-state index in [0.717, 1.165) is 0 Å². The molecule has 5 heteroatoms. The maximum atomic E-state index is 12.6. The van der Waals surface area contributed by atoms with Crippen LogP contribution < -0.4 is 0 Å². The van der Waals surface area contributed by atoms with Gasteiger partial charge < -0.3 is 0 Å². The van der Waals surface area contributed by atoms with Gasteiger partial charge in [0.1, 0.15) is 4.84 Å². The number of rotatable bonds is 1. The van der Waals surface area contributed by atoms with Crippen LogP contribution in [0.5, 0.6) is 0 Å². The molecule has 78 valence electrons. The largest absolute Gasteiger partial charge is 0.417 e. The van der Waals surface area contributed by atoms with Crippen LogP contribution in [0, 0.1) is 6.92 Å². The van der Waals surface area contributed by atoms with E-state index in [0.29, 0.717) is 0 Å². The van der Waals surface area contributed by atoms with Crippen LogP contribution in [0.3, 0.4) is 0 Å². The summed E-state index contributed by atoms with van der Waals surface area (Å²) in [7, 11) is 0. The van der Waals surface area contributed by atoms with E-state index in [1.54, 1.807) is 0 Å². The Labute approximate surface area is 89.6 Å². The van der Waals surface area contributed by atoms with Crippen LogP contribution in [-0.4, -0.2) is 0 Å². The summed E-state index contributed by atoms with van der Waals surface area (Å²) in [4.78, 5) is -1.16. The van der Waals surface area contributed by atoms with Gasteiger partial charge in [0.25, 0.3) is 0 Å². The summed E-state index contributed by atoms with van der Waals surface area (Å²) < 4.78 is 37.7. The van der Waals surface area contributed by atoms with Crippen LogP contribution in [0.25, 0.3) is 0 Å². The molecule has 0 nitrogen and oxygen atoms in total. The van der Waals surface area contributed by atoms with Gasteiger partial charge in [-0.2, -0.15) is 13.2 Å². The Hall–Kier alpha value is -0.410. The Morgan fingerprint density at radius 3 is 2.14 bits per heavy atom. The van der Waals surface area contributed by atoms with Gasteiger partial charge in [-0.1, -0.05) is 18.2 Å². The molecule has 0 saturated carbocycles. The van der Waals surface area contributed by atoms with E-state index in [4.69, 9.17) is 23.2 Å². The number of hydrogen-bond donors (Lipinski definition) is 0. The molecular weight excluding hydrogens is 236 g/mol. The third-order valence-corrected chi connectivity index (χ3v) is 2.29. The van der Waals surface area contributed by atoms with Gasteiger partial charge in [-0.05, 0) is 18.1 Å². The zero-order valence-electron chi connectivity index (χ0n) is 7.20. The highest BCUT2D eigenvalue weighted by Gasteiger charge is 2.36. The predicted molar refractivity (Wildman–Crippen MR) is 50.6 cm³/mol. The van der Waals surface area contributed by atoms with Gasteiger partial charge in [0.2, 0.25) is 0 Å². The van der Waals surface area contributed by atoms with Crippen molar-refractivity contribution in [3.63, 3.8) is 0 Å². The highest BCUT2D eigenvalue weighted by Crippen LogP contribution is 2.39. The van der Waals surface area contributed by atoms with Gasteiger partial charge in [0.15, 0.2) is 0 Å². The summed E-state index contributed by atoms with van der Waals surface area (Å²) >= 11 is 10.9. The van der Waals surface area contributed by atoms with Gasteiger partial charge >= 0.3 is 6.18 Å². The molecule has 1 aromatic carbocycles. The number of benzene rings is 1. The van der Waals surface area contributed by atoms with Crippen molar-refractivity contribution in [2.24, 2.45) is 0 Å². The summed E-state index contributed by atoms with van der Waals surface area (Å²) in [5, 5.41) is 0. The van der Waals surface area contributed by atoms with Gasteiger partial charge in [-0.3, -0.25) is 0 Å². The van der Waals surface area contributed by atoms with Crippen molar-refractivity contribution >= 4 is 23.2 Å². The quantitative estimate of drug-likeness (QED) is 0.637. The minimum Gasteiger partial charge on any atom is -0.166 e. The topological polar surface area (TPSA) is 0 Å². The fourth-order valence-corrected chi connectivity index (χ4v) is 1.62. The van der Waals surface area contributed by atoms with E-state index in [1.807, 2.05) is 0 Å². The summed E-state index contributed by atoms with van der Waals surface area (Å²) in [6.07, 6.45) is -4.41. The highest BCUT2D eigenvalue weighted by molar-refractivity contribution is 6.44. The minimum absolute atomic E-state index is 0.0965. The second kappa shape index (κ2) is 3.99. The lowest BCUT2D eigenvalue weighted by atomic mass is 10.0. The first-order chi connectivity index (χ1) is 6.34. The molecular formula is C9H7Cl2F3. The Bertz CT molecular complexity index is 331. The molecule has 0 fully saturated rings. The predicted octanol–water partition coefficient (Wildman–Crippen LogP) is 4.49. The number of alkyl halides is 5. The lowest BCUT2D eigenvalue weighted by Crippen LogP contribution is -2.11. The third kappa shape index (κ3) is 2.34. The van der Waals surface area contributed by atoms with Crippen LogP contribution in [0.15, 0.2) is 18.2 Å². The zero-order chi connectivity index (χ0) is 10.9. The monoisotopic (exact) mass is 242 g/mol. The average molecular weight is 243 g/mol. The first-order valence-electron chi connectivity index (χ1n) is 3.79. The zero-order valence-corrected chi connectivity index (χ0v) is 8.71. The molecule has 0 amide bonds. The maximum Gasteiger partial charge on any atom is 0.417 e. The second-order valence-electron chi connectivity index (χ2n) is 2.84. The lowest BCUT2D eigenvalue weighted by molar-refractivity contribution is -0.138. The first kappa shape index (κ1) is 11.7. The van der Waals surface area contributed by atoms with Crippen molar-refractivity contribution in [2.45, 2.75) is 17.9 Å². The van der Waals surface area contributed by atoms with Crippen molar-refractivity contribution < 1.29 is 13.2 Å². The van der Waals surface area contributed by atoms with E-state index in [1.165, 1.54) is 25.1 Å². The Morgan fingerprint density at radius 1 is 1.21 bits per heavy atom. The van der Waals surface area contributed by atoms with Gasteiger partial charge in [0, 0.05) is 0 Å². The Kier molecular flexibility index (Phi) is 3.32. The molecule has 0 spiro atoms. The molecule has 0 atom stereocenters. The molecule has 14 heavy (non-hydrogen) atoms. The standard InChI is InChI=1S/C9H7Cl2F3/c1-5-3-2-4-6(8(10)11)7(5)9(12,13)14/h2-4,8H,1H3. The van der Waals surface area contributed by atoms with Crippen molar-refractivity contribution in [3.8, 4) is 0 Å². The molecule has 0 heterocycles. The summed E-state index contributed by atoms with van der Waals surface area (Å²) in [5.41, 5.74) is -0.711. The van der Waals surface area contributed by atoms with Crippen LogP contribution in [-0.2, 0) is 6.18 Å². The van der Waals surface area contributed by atoms with E-state index < -0.39 is 16.6 Å². The minimum atomic E-state index is -4.41. The van der Waals surface area contributed by atoms with Gasteiger partial charge in [-0.25, -0.2) is 0 Å². The second-order valence-corrected chi connectivity index (χ2v) is 3.93. The number of aryl methyl sites for hydroxylation is 1. The molecule has 0 aromatic heterocycles. The molecule has 0 N–H and O–H groups in total. The van der Waals surface area contributed by atoms with Gasteiger partial charge in [-0.15, -0.1) is 23.2 Å². The number of hydrogen-bond acceptors (Lipinski definition) is 0. The fourth-order valence-electron chi connectivity index (χ4n) is 1.26. The summed E-state index contributed by atoms with van der Waals surface area (Å²) in [5.74, 6) is 0. The van der Waals surface area contributed by atoms with Crippen LogP contribution in [0.1, 0.15) is 21.5 Å². The fraction of sp³-hybridized carbons (Fsp3) is 0.333. The molecule has 1 aromatic rings. The van der Waals surface area contributed by atoms with E-state index in [2.05, 4.69) is 0 Å². The van der Waals surface area contributed by atoms with Crippen molar-refractivity contribution in [1.29, 1.82) is 0 Å². The molecule has 0 aliphatic carbocycles. The molecule has 1 rings (SSSR count). The average Bonchev–Trinajstić information content (AvgIpc) is 2.01. The van der Waals surface area contributed by atoms with E-state index >= 15 is 0 Å². The van der Waals surface area contributed by atoms with E-state index in [-0.39, 0.29) is 11.1 Å². The van der Waals surface area contributed by atoms with Gasteiger partial charge in [0.05, 0.1) is 5.56 Å². The summed E-state index contributed by atoms with van der Waals surface area (Å²) in [6, 6.07) is 4.15. The molecule has 0 bridgehead atoms. The molecule has 0 saturated heterocycles. The lowest BCUT2D eigenvalue weighted by Gasteiger charge is -2.15. The Balaban J connectivity index is 3.38. The van der Waals surface area contributed by atoms with Crippen molar-refractivity contribution in [1.82, 2.24) is 0 Å². The van der Waals surface area contributed by atoms with Crippen molar-refractivity contribution in [3.05, 3.63) is 34.9 Å². The summed E-state index contributed by atoms with van der Waals surface area (Å²) in [6.45, 7) is 1.38. The first-order valence-corrected chi connectivity index (χ1v) is 4.66. The SMILES string of the molecule is Cc1cccc(C(Cl)Cl)c1C(F)(F)F. The van der Waals surface area contributed by atoms with Crippen LogP contribution >= 0.6 is 23.2 Å². The maximum absolute atomic E-state index is 12.6. The van der Waals surface area contributed by atoms with E-state index in [9.17, 15) is 13.2 Å². The molecule has 0 aliphatic heterocycles. The molecule has 0 aliphatic rings. The molecule has 0 unspecified atom stereocenters. The van der Waals surface area contributed by atoms with Crippen LogP contribution in [0.2, 0.25) is 0 Å². The highest BCUT2D eigenvalue weighted by atomic mass is 35.5.